The Hall–Kier alpha value is -1.30. The summed E-state index contributed by atoms with van der Waals surface area (Å²) in [5.41, 5.74) is -2.26. The largest absolute Gasteiger partial charge is 0.476 e. The van der Waals surface area contributed by atoms with Gasteiger partial charge in [0.2, 0.25) is 5.60 Å². The van der Waals surface area contributed by atoms with Crippen LogP contribution in [-0.4, -0.2) is 24.9 Å². The van der Waals surface area contributed by atoms with Gasteiger partial charge < -0.3 is 10.1 Å². The molecular formula is C12H13F4NO. The highest BCUT2D eigenvalue weighted by Gasteiger charge is 2.57. The zero-order valence-electron chi connectivity index (χ0n) is 9.56. The van der Waals surface area contributed by atoms with E-state index in [1.165, 1.54) is 12.1 Å². The fraction of sp³-hybridized carbons (Fsp3) is 0.500. The zero-order chi connectivity index (χ0) is 13.2. The molecule has 1 aromatic carbocycles. The molecule has 1 unspecified atom stereocenters. The van der Waals surface area contributed by atoms with Gasteiger partial charge in [0, 0.05) is 12.6 Å². The number of hydrogen-bond acceptors (Lipinski definition) is 2. The van der Waals surface area contributed by atoms with E-state index in [1.54, 1.807) is 0 Å². The van der Waals surface area contributed by atoms with Gasteiger partial charge in [-0.05, 0) is 31.5 Å². The monoisotopic (exact) mass is 263 g/mol. The lowest BCUT2D eigenvalue weighted by Crippen LogP contribution is -2.59. The molecule has 18 heavy (non-hydrogen) atoms. The van der Waals surface area contributed by atoms with Gasteiger partial charge in [0.05, 0.1) is 0 Å². The summed E-state index contributed by atoms with van der Waals surface area (Å²) in [6, 6.07) is 4.77. The highest BCUT2D eigenvalue weighted by Crippen LogP contribution is 2.39. The van der Waals surface area contributed by atoms with E-state index in [4.69, 9.17) is 4.74 Å². The van der Waals surface area contributed by atoms with Gasteiger partial charge in [-0.3, -0.25) is 0 Å². The maximum absolute atomic E-state index is 13.1. The predicted molar refractivity (Wildman–Crippen MR) is 57.9 cm³/mol. The van der Waals surface area contributed by atoms with E-state index in [0.29, 0.717) is 13.0 Å². The molecule has 0 amide bonds. The van der Waals surface area contributed by atoms with E-state index < -0.39 is 17.6 Å². The number of nitrogens with one attached hydrogen (secondary N) is 1. The van der Waals surface area contributed by atoms with Crippen LogP contribution in [-0.2, 0) is 0 Å². The van der Waals surface area contributed by atoms with Crippen molar-refractivity contribution in [3.8, 4) is 5.75 Å². The lowest BCUT2D eigenvalue weighted by atomic mass is 9.93. The number of piperidine rings is 1. The average molecular weight is 263 g/mol. The van der Waals surface area contributed by atoms with E-state index in [0.717, 1.165) is 12.1 Å². The van der Waals surface area contributed by atoms with Crippen LogP contribution in [0.2, 0.25) is 0 Å². The number of halogens is 4. The molecule has 1 aliphatic rings. The van der Waals surface area contributed by atoms with Crippen molar-refractivity contribution in [3.05, 3.63) is 30.1 Å². The van der Waals surface area contributed by atoms with Crippen molar-refractivity contribution in [1.29, 1.82) is 0 Å². The molecule has 1 atom stereocenters. The third-order valence-electron chi connectivity index (χ3n) is 2.97. The van der Waals surface area contributed by atoms with E-state index in [9.17, 15) is 17.6 Å². The summed E-state index contributed by atoms with van der Waals surface area (Å²) in [4.78, 5) is 0. The van der Waals surface area contributed by atoms with Crippen LogP contribution in [0.1, 0.15) is 12.8 Å². The molecule has 1 N–H and O–H groups in total. The molecule has 0 saturated carbocycles. The van der Waals surface area contributed by atoms with Gasteiger partial charge in [-0.15, -0.1) is 0 Å². The van der Waals surface area contributed by atoms with Gasteiger partial charge in [-0.2, -0.15) is 13.2 Å². The van der Waals surface area contributed by atoms with Gasteiger partial charge in [-0.25, -0.2) is 4.39 Å². The van der Waals surface area contributed by atoms with Crippen molar-refractivity contribution in [3.63, 3.8) is 0 Å². The molecule has 1 fully saturated rings. The SMILES string of the molecule is Fc1cccc(OC2(C(F)(F)F)CCCNC2)c1. The topological polar surface area (TPSA) is 21.3 Å². The van der Waals surface area contributed by atoms with Crippen molar-refractivity contribution < 1.29 is 22.3 Å². The first-order valence-electron chi connectivity index (χ1n) is 5.65. The maximum atomic E-state index is 13.1. The number of hydrogen-bond donors (Lipinski definition) is 1. The van der Waals surface area contributed by atoms with Crippen molar-refractivity contribution in [2.45, 2.75) is 24.6 Å². The Morgan fingerprint density at radius 2 is 2.06 bits per heavy atom. The summed E-state index contributed by atoms with van der Waals surface area (Å²) in [6.45, 7) is 0.220. The Balaban J connectivity index is 2.25. The number of alkyl halides is 3. The summed E-state index contributed by atoms with van der Waals surface area (Å²) >= 11 is 0. The van der Waals surface area contributed by atoms with Crippen LogP contribution in [0.15, 0.2) is 24.3 Å². The Morgan fingerprint density at radius 1 is 1.28 bits per heavy atom. The molecule has 0 aromatic heterocycles. The van der Waals surface area contributed by atoms with Crippen LogP contribution in [0.3, 0.4) is 0 Å². The van der Waals surface area contributed by atoms with Gasteiger partial charge in [0.1, 0.15) is 11.6 Å². The maximum Gasteiger partial charge on any atom is 0.429 e. The minimum Gasteiger partial charge on any atom is -0.476 e. The molecule has 0 bridgehead atoms. The highest BCUT2D eigenvalue weighted by atomic mass is 19.4. The molecule has 6 heteroatoms. The summed E-state index contributed by atoms with van der Waals surface area (Å²) in [5, 5.41) is 2.68. The fourth-order valence-corrected chi connectivity index (χ4v) is 2.02. The zero-order valence-corrected chi connectivity index (χ0v) is 9.56. The minimum atomic E-state index is -4.49. The number of rotatable bonds is 2. The Labute approximate surface area is 102 Å². The summed E-state index contributed by atoms with van der Waals surface area (Å²) in [5.74, 6) is -0.718. The summed E-state index contributed by atoms with van der Waals surface area (Å²) in [7, 11) is 0. The number of ether oxygens (including phenoxy) is 1. The van der Waals surface area contributed by atoms with Crippen molar-refractivity contribution in [2.75, 3.05) is 13.1 Å². The Bertz CT molecular complexity index is 413. The van der Waals surface area contributed by atoms with Gasteiger partial charge in [0.15, 0.2) is 0 Å². The van der Waals surface area contributed by atoms with E-state index in [2.05, 4.69) is 5.32 Å². The molecule has 100 valence electrons. The molecule has 2 nitrogen and oxygen atoms in total. The van der Waals surface area contributed by atoms with Crippen molar-refractivity contribution in [2.24, 2.45) is 0 Å². The van der Waals surface area contributed by atoms with Crippen molar-refractivity contribution in [1.82, 2.24) is 5.32 Å². The third-order valence-corrected chi connectivity index (χ3v) is 2.97. The van der Waals surface area contributed by atoms with Gasteiger partial charge in [0.25, 0.3) is 0 Å². The van der Waals surface area contributed by atoms with Gasteiger partial charge in [-0.1, -0.05) is 6.07 Å². The Kier molecular flexibility index (Phi) is 3.47. The molecule has 1 saturated heterocycles. The molecule has 2 rings (SSSR count). The molecule has 1 aliphatic heterocycles. The van der Waals surface area contributed by atoms with E-state index in [-0.39, 0.29) is 18.7 Å². The normalized spacial score (nSPS) is 24.9. The highest BCUT2D eigenvalue weighted by molar-refractivity contribution is 5.24. The molecule has 0 aliphatic carbocycles. The molecular weight excluding hydrogens is 250 g/mol. The lowest BCUT2D eigenvalue weighted by molar-refractivity contribution is -0.252. The Morgan fingerprint density at radius 3 is 2.61 bits per heavy atom. The summed E-state index contributed by atoms with van der Waals surface area (Å²) in [6.07, 6.45) is -4.25. The van der Waals surface area contributed by atoms with Crippen LogP contribution in [0.25, 0.3) is 0 Å². The smallest absolute Gasteiger partial charge is 0.429 e. The number of benzene rings is 1. The third kappa shape index (κ3) is 2.58. The fourth-order valence-electron chi connectivity index (χ4n) is 2.02. The van der Waals surface area contributed by atoms with Gasteiger partial charge >= 0.3 is 6.18 Å². The second kappa shape index (κ2) is 4.76. The van der Waals surface area contributed by atoms with E-state index in [1.807, 2.05) is 0 Å². The summed E-state index contributed by atoms with van der Waals surface area (Å²) < 4.78 is 57.4. The standard InChI is InChI=1S/C12H13F4NO/c13-9-3-1-4-10(7-9)18-11(12(14,15)16)5-2-6-17-8-11/h1,3-4,7,17H,2,5-6,8H2. The van der Waals surface area contributed by atoms with Crippen LogP contribution in [0.4, 0.5) is 17.6 Å². The molecule has 1 aromatic rings. The molecule has 1 heterocycles. The second-order valence-corrected chi connectivity index (χ2v) is 4.33. The predicted octanol–water partition coefficient (Wildman–Crippen LogP) is 2.89. The lowest BCUT2D eigenvalue weighted by Gasteiger charge is -2.39. The van der Waals surface area contributed by atoms with E-state index >= 15 is 0 Å². The van der Waals surface area contributed by atoms with Crippen LogP contribution < -0.4 is 10.1 Å². The quantitative estimate of drug-likeness (QED) is 0.828. The van der Waals surface area contributed by atoms with Crippen LogP contribution in [0, 0.1) is 5.82 Å². The molecule has 0 spiro atoms. The van der Waals surface area contributed by atoms with Crippen LogP contribution >= 0.6 is 0 Å². The second-order valence-electron chi connectivity index (χ2n) is 4.33. The first-order valence-corrected chi connectivity index (χ1v) is 5.65. The minimum absolute atomic E-state index is 0.101. The van der Waals surface area contributed by atoms with Crippen LogP contribution in [0.5, 0.6) is 5.75 Å². The molecule has 0 radical (unpaired) electrons. The first-order chi connectivity index (χ1) is 8.43. The first kappa shape index (κ1) is 13.1. The average Bonchev–Trinajstić information content (AvgIpc) is 2.29. The van der Waals surface area contributed by atoms with Crippen molar-refractivity contribution >= 4 is 0 Å².